The highest BCUT2D eigenvalue weighted by Crippen LogP contribution is 2.24. The average Bonchev–Trinajstić information content (AvgIpc) is 2.99. The molecule has 3 aromatic rings. The smallest absolute Gasteiger partial charge is 0.189 e. The van der Waals surface area contributed by atoms with Crippen molar-refractivity contribution in [3.8, 4) is 17.2 Å². The summed E-state index contributed by atoms with van der Waals surface area (Å²) in [6, 6.07) is 11.9. The molecule has 6 heteroatoms. The van der Waals surface area contributed by atoms with Gasteiger partial charge < -0.3 is 0 Å². The van der Waals surface area contributed by atoms with Crippen LogP contribution in [0.25, 0.3) is 17.2 Å². The molecule has 0 aliphatic rings. The third-order valence-electron chi connectivity index (χ3n) is 2.76. The molecule has 0 fully saturated rings. The second kappa shape index (κ2) is 8.10. The van der Waals surface area contributed by atoms with E-state index in [2.05, 4.69) is 30.9 Å². The van der Waals surface area contributed by atoms with E-state index in [0.717, 1.165) is 27.0 Å². The molecule has 2 heterocycles. The monoisotopic (exact) mass is 376 g/mol. The Morgan fingerprint density at radius 3 is 2.45 bits per heavy atom. The van der Waals surface area contributed by atoms with Crippen LogP contribution < -0.4 is 0 Å². The molecule has 0 unspecified atom stereocenters. The van der Waals surface area contributed by atoms with Crippen molar-refractivity contribution in [2.75, 3.05) is 6.26 Å². The van der Waals surface area contributed by atoms with Crippen LogP contribution in [0, 0.1) is 0 Å². The lowest BCUT2D eigenvalue weighted by molar-refractivity contribution is 0.894. The molecule has 0 aliphatic heterocycles. The van der Waals surface area contributed by atoms with Crippen molar-refractivity contribution in [3.05, 3.63) is 53.4 Å². The Hall–Kier alpha value is -1.66. The van der Waals surface area contributed by atoms with Crippen LogP contribution >= 0.6 is 27.7 Å². The molecule has 3 rings (SSSR count). The van der Waals surface area contributed by atoms with Crippen LogP contribution in [-0.2, 0) is 0 Å². The number of aromatic nitrogens is 4. The van der Waals surface area contributed by atoms with E-state index in [1.54, 1.807) is 6.20 Å². The number of nitrogens with zero attached hydrogens (tertiary/aromatic N) is 4. The number of thioether (sulfide) groups is 1. The van der Waals surface area contributed by atoms with Crippen molar-refractivity contribution in [2.45, 2.75) is 19.0 Å². The summed E-state index contributed by atoms with van der Waals surface area (Å²) in [6.45, 7) is 4.00. The second-order valence-electron chi connectivity index (χ2n) is 4.02. The maximum Gasteiger partial charge on any atom is 0.189 e. The molecule has 0 saturated heterocycles. The van der Waals surface area contributed by atoms with Gasteiger partial charge in [0, 0.05) is 18.0 Å². The SMILES string of the molecule is CC.CSc1nccc(-n2cc(Br)nc2-c2ccccc2)n1. The molecule has 0 N–H and O–H groups in total. The molecule has 0 bridgehead atoms. The molecule has 22 heavy (non-hydrogen) atoms. The first-order valence-corrected chi connectivity index (χ1v) is 8.97. The average molecular weight is 377 g/mol. The summed E-state index contributed by atoms with van der Waals surface area (Å²) in [5.41, 5.74) is 1.04. The van der Waals surface area contributed by atoms with Crippen LogP contribution in [0.2, 0.25) is 0 Å². The number of rotatable bonds is 3. The molecule has 0 aliphatic carbocycles. The highest BCUT2D eigenvalue weighted by Gasteiger charge is 2.11. The Morgan fingerprint density at radius 1 is 1.05 bits per heavy atom. The normalized spacial score (nSPS) is 10.0. The third-order valence-corrected chi connectivity index (χ3v) is 3.70. The highest BCUT2D eigenvalue weighted by molar-refractivity contribution is 9.10. The molecule has 0 atom stereocenters. The quantitative estimate of drug-likeness (QED) is 0.484. The molecule has 0 amide bonds. The van der Waals surface area contributed by atoms with Gasteiger partial charge in [0.25, 0.3) is 0 Å². The topological polar surface area (TPSA) is 43.6 Å². The van der Waals surface area contributed by atoms with E-state index in [0.29, 0.717) is 0 Å². The van der Waals surface area contributed by atoms with E-state index in [4.69, 9.17) is 0 Å². The van der Waals surface area contributed by atoms with Gasteiger partial charge in [-0.2, -0.15) is 0 Å². The fourth-order valence-electron chi connectivity index (χ4n) is 1.88. The van der Waals surface area contributed by atoms with Gasteiger partial charge >= 0.3 is 0 Å². The summed E-state index contributed by atoms with van der Waals surface area (Å²) in [7, 11) is 0. The van der Waals surface area contributed by atoms with Gasteiger partial charge in [0.15, 0.2) is 5.16 Å². The van der Waals surface area contributed by atoms with E-state index in [-0.39, 0.29) is 0 Å². The Labute approximate surface area is 143 Å². The van der Waals surface area contributed by atoms with Gasteiger partial charge in [-0.3, -0.25) is 4.57 Å². The minimum absolute atomic E-state index is 0.742. The second-order valence-corrected chi connectivity index (χ2v) is 5.61. The maximum atomic E-state index is 4.53. The molecule has 1 aromatic carbocycles. The molecule has 0 radical (unpaired) electrons. The van der Waals surface area contributed by atoms with Crippen molar-refractivity contribution >= 4 is 27.7 Å². The van der Waals surface area contributed by atoms with Crippen molar-refractivity contribution in [1.29, 1.82) is 0 Å². The highest BCUT2D eigenvalue weighted by atomic mass is 79.9. The van der Waals surface area contributed by atoms with Gasteiger partial charge in [-0.25, -0.2) is 15.0 Å². The Bertz CT molecular complexity index is 728. The number of halogens is 1. The molecule has 0 saturated carbocycles. The number of benzene rings is 1. The summed E-state index contributed by atoms with van der Waals surface area (Å²) in [6.07, 6.45) is 5.63. The zero-order valence-electron chi connectivity index (χ0n) is 12.7. The molecule has 4 nitrogen and oxygen atoms in total. The van der Waals surface area contributed by atoms with E-state index < -0.39 is 0 Å². The molecule has 0 spiro atoms. The van der Waals surface area contributed by atoms with Gasteiger partial charge in [0.05, 0.1) is 0 Å². The molecule has 2 aromatic heterocycles. The van der Waals surface area contributed by atoms with E-state index >= 15 is 0 Å². The predicted octanol–water partition coefficient (Wildman–Crippen LogP) is 4.84. The van der Waals surface area contributed by atoms with Crippen molar-refractivity contribution in [1.82, 2.24) is 19.5 Å². The number of hydrogen-bond donors (Lipinski definition) is 0. The first kappa shape index (κ1) is 16.7. The fraction of sp³-hybridized carbons (Fsp3) is 0.188. The fourth-order valence-corrected chi connectivity index (χ4v) is 2.61. The predicted molar refractivity (Wildman–Crippen MR) is 95.4 cm³/mol. The summed E-state index contributed by atoms with van der Waals surface area (Å²) >= 11 is 4.95. The number of imidazole rings is 1. The van der Waals surface area contributed by atoms with Crippen molar-refractivity contribution in [2.24, 2.45) is 0 Å². The maximum absolute atomic E-state index is 4.53. The van der Waals surface area contributed by atoms with Crippen LogP contribution in [-0.4, -0.2) is 25.8 Å². The third kappa shape index (κ3) is 3.75. The molecular weight excluding hydrogens is 360 g/mol. The van der Waals surface area contributed by atoms with Gasteiger partial charge in [-0.05, 0) is 28.3 Å². The van der Waals surface area contributed by atoms with Crippen LogP contribution in [0.15, 0.2) is 58.6 Å². The zero-order chi connectivity index (χ0) is 15.9. The van der Waals surface area contributed by atoms with Gasteiger partial charge in [-0.15, -0.1) is 0 Å². The van der Waals surface area contributed by atoms with Crippen LogP contribution in [0.1, 0.15) is 13.8 Å². The van der Waals surface area contributed by atoms with Gasteiger partial charge in [0.2, 0.25) is 0 Å². The molecule has 114 valence electrons. The number of hydrogen-bond acceptors (Lipinski definition) is 4. The lowest BCUT2D eigenvalue weighted by Gasteiger charge is -2.07. The summed E-state index contributed by atoms with van der Waals surface area (Å²) in [5.74, 6) is 1.66. The minimum Gasteiger partial charge on any atom is -0.283 e. The summed E-state index contributed by atoms with van der Waals surface area (Å²) < 4.78 is 2.74. The van der Waals surface area contributed by atoms with Gasteiger partial charge in [0.1, 0.15) is 16.2 Å². The summed E-state index contributed by atoms with van der Waals surface area (Å²) in [4.78, 5) is 13.2. The lowest BCUT2D eigenvalue weighted by Crippen LogP contribution is -2.00. The zero-order valence-corrected chi connectivity index (χ0v) is 15.1. The Morgan fingerprint density at radius 2 is 1.77 bits per heavy atom. The summed E-state index contributed by atoms with van der Waals surface area (Å²) in [5, 5.41) is 0.742. The van der Waals surface area contributed by atoms with E-state index in [1.807, 2.05) is 67.3 Å². The Balaban J connectivity index is 0.000000847. The Kier molecular flexibility index (Phi) is 6.15. The first-order valence-electron chi connectivity index (χ1n) is 6.95. The van der Waals surface area contributed by atoms with Crippen molar-refractivity contribution < 1.29 is 0 Å². The van der Waals surface area contributed by atoms with Crippen molar-refractivity contribution in [3.63, 3.8) is 0 Å². The van der Waals surface area contributed by atoms with Crippen LogP contribution in [0.5, 0.6) is 0 Å². The standard InChI is InChI=1S/C14H11BrN4S.C2H6/c1-20-14-16-8-7-12(18-14)19-9-11(15)17-13(19)10-5-3-2-4-6-10;1-2/h2-9H,1H3;1-2H3. The minimum atomic E-state index is 0.742. The van der Waals surface area contributed by atoms with Crippen LogP contribution in [0.3, 0.4) is 0 Å². The van der Waals surface area contributed by atoms with E-state index in [1.165, 1.54) is 11.8 Å². The largest absolute Gasteiger partial charge is 0.283 e. The molecular formula is C16H17BrN4S. The van der Waals surface area contributed by atoms with Gasteiger partial charge in [-0.1, -0.05) is 55.9 Å². The van der Waals surface area contributed by atoms with E-state index in [9.17, 15) is 0 Å². The lowest BCUT2D eigenvalue weighted by atomic mass is 10.2. The van der Waals surface area contributed by atoms with Crippen LogP contribution in [0.4, 0.5) is 0 Å². The first-order chi connectivity index (χ1) is 10.8.